The molecule has 1 aromatic carbocycles. The molecule has 2 heterocycles. The molecule has 3 rings (SSSR count). The number of nitrogens with two attached hydrogens (primary N) is 2. The summed E-state index contributed by atoms with van der Waals surface area (Å²) in [4.78, 5) is 2.74. The van der Waals surface area contributed by atoms with Gasteiger partial charge in [-0.2, -0.15) is 10.4 Å². The maximum absolute atomic E-state index is 9.88. The molecule has 0 radical (unpaired) electrons. The zero-order chi connectivity index (χ0) is 18.7. The first-order valence-corrected chi connectivity index (χ1v) is 9.27. The molecule has 0 aliphatic carbocycles. The summed E-state index contributed by atoms with van der Waals surface area (Å²) in [6.07, 6.45) is 0. The van der Waals surface area contributed by atoms with Crippen molar-refractivity contribution in [2.75, 3.05) is 31.2 Å². The summed E-state index contributed by atoms with van der Waals surface area (Å²) in [5.41, 5.74) is 4.27. The van der Waals surface area contributed by atoms with Gasteiger partial charge in [0.1, 0.15) is 11.1 Å². The van der Waals surface area contributed by atoms with E-state index in [-0.39, 0.29) is 5.84 Å². The molecule has 0 spiro atoms. The quantitative estimate of drug-likeness (QED) is 0.310. The maximum Gasteiger partial charge on any atom is 0.177 e. The minimum absolute atomic E-state index is 0.270. The molecule has 10 heteroatoms. The van der Waals surface area contributed by atoms with Crippen LogP contribution in [-0.4, -0.2) is 32.1 Å². The molecule has 7 nitrogen and oxygen atoms in total. The number of hydrogen-bond donors (Lipinski definition) is 3. The molecule has 2 aromatic rings. The number of anilines is 1. The maximum atomic E-state index is 9.88. The Labute approximate surface area is 164 Å². The molecule has 0 unspecified atom stereocenters. The molecule has 26 heavy (non-hydrogen) atoms. The Bertz CT molecular complexity index is 886. The molecule has 1 fully saturated rings. The monoisotopic (exact) mass is 410 g/mol. The van der Waals surface area contributed by atoms with E-state index in [0.29, 0.717) is 57.9 Å². The number of hydrogen-bond acceptors (Lipinski definition) is 7. The van der Waals surface area contributed by atoms with Crippen molar-refractivity contribution in [1.82, 2.24) is 5.43 Å². The first kappa shape index (κ1) is 18.8. The lowest BCUT2D eigenvalue weighted by Crippen LogP contribution is -2.36. The largest absolute Gasteiger partial charge is 0.378 e. The topological polar surface area (TPSA) is 113 Å². The molecule has 5 N–H and O–H groups in total. The Morgan fingerprint density at radius 3 is 2.65 bits per heavy atom. The number of amidine groups is 1. The van der Waals surface area contributed by atoms with E-state index in [1.807, 2.05) is 0 Å². The van der Waals surface area contributed by atoms with Crippen molar-refractivity contribution in [2.24, 2.45) is 16.8 Å². The number of hydrazone groups is 1. The van der Waals surface area contributed by atoms with E-state index in [4.69, 9.17) is 39.6 Å². The molecule has 1 aliphatic rings. The van der Waals surface area contributed by atoms with Crippen LogP contribution in [0, 0.1) is 11.3 Å². The Kier molecular flexibility index (Phi) is 5.86. The second kappa shape index (κ2) is 8.12. The first-order valence-electron chi connectivity index (χ1n) is 7.70. The molecular formula is C16H16Cl2N6OS. The van der Waals surface area contributed by atoms with E-state index in [2.05, 4.69) is 21.5 Å². The van der Waals surface area contributed by atoms with Crippen LogP contribution >= 0.6 is 34.5 Å². The lowest BCUT2D eigenvalue weighted by atomic mass is 10.0. The first-order chi connectivity index (χ1) is 12.6. The van der Waals surface area contributed by atoms with Crippen LogP contribution in [0.1, 0.15) is 10.4 Å². The zero-order valence-corrected chi connectivity index (χ0v) is 16.0. The van der Waals surface area contributed by atoms with Crippen LogP contribution < -0.4 is 22.0 Å². The van der Waals surface area contributed by atoms with Gasteiger partial charge in [0.25, 0.3) is 0 Å². The fourth-order valence-electron chi connectivity index (χ4n) is 2.79. The number of rotatable bonds is 3. The van der Waals surface area contributed by atoms with Gasteiger partial charge in [-0.05, 0) is 12.1 Å². The van der Waals surface area contributed by atoms with E-state index in [1.54, 1.807) is 18.2 Å². The summed E-state index contributed by atoms with van der Waals surface area (Å²) in [5, 5.41) is 15.3. The Morgan fingerprint density at radius 2 is 2.08 bits per heavy atom. The number of morpholine rings is 1. The van der Waals surface area contributed by atoms with Crippen molar-refractivity contribution in [3.8, 4) is 17.2 Å². The normalized spacial score (nSPS) is 15.0. The van der Waals surface area contributed by atoms with Crippen LogP contribution in [-0.2, 0) is 4.74 Å². The molecule has 1 saturated heterocycles. The van der Waals surface area contributed by atoms with Gasteiger partial charge in [0, 0.05) is 34.3 Å². The second-order valence-electron chi connectivity index (χ2n) is 5.44. The number of nitriles is 1. The number of benzene rings is 1. The molecule has 136 valence electrons. The summed E-state index contributed by atoms with van der Waals surface area (Å²) < 4.78 is 5.41. The van der Waals surface area contributed by atoms with Crippen LogP contribution in [0.4, 0.5) is 5.00 Å². The average Bonchev–Trinajstić information content (AvgIpc) is 3.03. The predicted octanol–water partition coefficient (Wildman–Crippen LogP) is 2.51. The van der Waals surface area contributed by atoms with Gasteiger partial charge in [0.15, 0.2) is 5.84 Å². The van der Waals surface area contributed by atoms with Crippen molar-refractivity contribution in [2.45, 2.75) is 0 Å². The lowest BCUT2D eigenvalue weighted by molar-refractivity contribution is 0.123. The molecular weight excluding hydrogens is 395 g/mol. The zero-order valence-electron chi connectivity index (χ0n) is 13.6. The van der Waals surface area contributed by atoms with Gasteiger partial charge in [0.05, 0.1) is 23.7 Å². The van der Waals surface area contributed by atoms with E-state index in [0.717, 1.165) is 5.00 Å². The van der Waals surface area contributed by atoms with Crippen LogP contribution in [0.15, 0.2) is 23.3 Å². The number of nitrogens with zero attached hydrogens (tertiary/aromatic N) is 3. The molecule has 0 atom stereocenters. The highest BCUT2D eigenvalue weighted by atomic mass is 35.5. The summed E-state index contributed by atoms with van der Waals surface area (Å²) in [5.74, 6) is 11.3. The average molecular weight is 411 g/mol. The van der Waals surface area contributed by atoms with Crippen molar-refractivity contribution < 1.29 is 4.74 Å². The third-order valence-electron chi connectivity index (χ3n) is 3.98. The number of ether oxygens (including phenoxy) is 1. The van der Waals surface area contributed by atoms with Gasteiger partial charge in [0.2, 0.25) is 0 Å². The van der Waals surface area contributed by atoms with E-state index in [1.165, 1.54) is 11.3 Å². The fraction of sp³-hybridized carbons (Fsp3) is 0.250. The summed E-state index contributed by atoms with van der Waals surface area (Å²) >= 11 is 13.8. The number of halogens is 2. The van der Waals surface area contributed by atoms with E-state index in [9.17, 15) is 5.26 Å². The number of hydrazine groups is 1. The third kappa shape index (κ3) is 3.45. The van der Waals surface area contributed by atoms with E-state index < -0.39 is 0 Å². The highest BCUT2D eigenvalue weighted by molar-refractivity contribution is 7.19. The number of nitrogens with one attached hydrogen (secondary N) is 1. The van der Waals surface area contributed by atoms with E-state index >= 15 is 0 Å². The second-order valence-corrected chi connectivity index (χ2v) is 7.29. The van der Waals surface area contributed by atoms with Gasteiger partial charge in [-0.15, -0.1) is 11.3 Å². The predicted molar refractivity (Wildman–Crippen MR) is 106 cm³/mol. The smallest absolute Gasteiger partial charge is 0.177 e. The summed E-state index contributed by atoms with van der Waals surface area (Å²) in [6.45, 7) is 2.57. The van der Waals surface area contributed by atoms with Crippen molar-refractivity contribution in [3.05, 3.63) is 38.7 Å². The minimum Gasteiger partial charge on any atom is -0.378 e. The van der Waals surface area contributed by atoms with Crippen LogP contribution in [0.25, 0.3) is 11.1 Å². The standard InChI is InChI=1S/C16H16Cl2N6OS/c17-9-1-2-10(12(18)7-9)13-11(8-19)16(24-3-5-25-6-4-24)26-14(13)15(22-20)23-21/h1-2,7H,3-6,20-21H2,(H,22,23). The number of thiophene rings is 1. The Balaban J connectivity index is 2.26. The van der Waals surface area contributed by atoms with Crippen LogP contribution in [0.2, 0.25) is 10.0 Å². The van der Waals surface area contributed by atoms with Gasteiger partial charge in [-0.1, -0.05) is 29.3 Å². The molecule has 0 amide bonds. The van der Waals surface area contributed by atoms with Gasteiger partial charge < -0.3 is 20.9 Å². The fourth-order valence-corrected chi connectivity index (χ4v) is 4.57. The molecule has 1 aromatic heterocycles. The Hall–Kier alpha value is -2.02. The molecule has 1 aliphatic heterocycles. The molecule has 0 saturated carbocycles. The van der Waals surface area contributed by atoms with Gasteiger partial charge in [-0.3, -0.25) is 0 Å². The highest BCUT2D eigenvalue weighted by Crippen LogP contribution is 2.44. The van der Waals surface area contributed by atoms with Crippen LogP contribution in [0.5, 0.6) is 0 Å². The highest BCUT2D eigenvalue weighted by Gasteiger charge is 2.28. The van der Waals surface area contributed by atoms with Crippen molar-refractivity contribution in [3.63, 3.8) is 0 Å². The lowest BCUT2D eigenvalue weighted by Gasteiger charge is -2.27. The Morgan fingerprint density at radius 1 is 1.35 bits per heavy atom. The summed E-state index contributed by atoms with van der Waals surface area (Å²) in [7, 11) is 0. The van der Waals surface area contributed by atoms with Crippen molar-refractivity contribution in [1.29, 1.82) is 5.26 Å². The SMILES string of the molecule is N#Cc1c(N2CCOCC2)sc(/C(=N/N)NN)c1-c1ccc(Cl)cc1Cl. The van der Waals surface area contributed by atoms with Crippen molar-refractivity contribution >= 4 is 45.4 Å². The van der Waals surface area contributed by atoms with Gasteiger partial charge in [-0.25, -0.2) is 5.84 Å². The van der Waals surface area contributed by atoms with Gasteiger partial charge >= 0.3 is 0 Å². The van der Waals surface area contributed by atoms with Crippen LogP contribution in [0.3, 0.4) is 0 Å². The third-order valence-corrected chi connectivity index (χ3v) is 5.79. The summed E-state index contributed by atoms with van der Waals surface area (Å²) in [6, 6.07) is 7.41. The molecule has 0 bridgehead atoms. The minimum atomic E-state index is 0.270.